The Morgan fingerprint density at radius 3 is 3.00 bits per heavy atom. The van der Waals surface area contributed by atoms with E-state index < -0.39 is 0 Å². The zero-order valence-corrected chi connectivity index (χ0v) is 15.2. The lowest BCUT2D eigenvalue weighted by Gasteiger charge is -2.24. The van der Waals surface area contributed by atoms with E-state index in [4.69, 9.17) is 0 Å². The minimum atomic E-state index is 0.465. The van der Waals surface area contributed by atoms with Gasteiger partial charge in [0.15, 0.2) is 0 Å². The number of aromatic nitrogens is 2. The molecule has 1 unspecified atom stereocenters. The average Bonchev–Trinajstić information content (AvgIpc) is 3.25. The summed E-state index contributed by atoms with van der Waals surface area (Å²) in [5.41, 5.74) is 3.65. The Bertz CT molecular complexity index is 830. The molecule has 3 heterocycles. The molecule has 0 spiro atoms. The van der Waals surface area contributed by atoms with Gasteiger partial charge in [-0.3, -0.25) is 4.90 Å². The topological polar surface area (TPSA) is 41.1 Å². The minimum absolute atomic E-state index is 0.465. The lowest BCUT2D eigenvalue weighted by molar-refractivity contribution is 0.246. The molecule has 2 aromatic heterocycles. The fraction of sp³-hybridized carbons (Fsp3) is 0.300. The number of nitrogens with one attached hydrogen (secondary N) is 1. The van der Waals surface area contributed by atoms with E-state index in [0.717, 1.165) is 29.6 Å². The summed E-state index contributed by atoms with van der Waals surface area (Å²) in [4.78, 5) is 11.5. The molecule has 1 aliphatic rings. The second kappa shape index (κ2) is 7.33. The Hall–Kier alpha value is -2.24. The van der Waals surface area contributed by atoms with Gasteiger partial charge in [-0.2, -0.15) is 0 Å². The van der Waals surface area contributed by atoms with E-state index in [1.807, 2.05) is 18.2 Å². The van der Waals surface area contributed by atoms with E-state index in [0.29, 0.717) is 6.04 Å². The van der Waals surface area contributed by atoms with Crippen molar-refractivity contribution < 1.29 is 0 Å². The van der Waals surface area contributed by atoms with Gasteiger partial charge >= 0.3 is 0 Å². The number of anilines is 2. The van der Waals surface area contributed by atoms with Crippen LogP contribution in [0.3, 0.4) is 0 Å². The maximum absolute atomic E-state index is 4.63. The highest BCUT2D eigenvalue weighted by Crippen LogP contribution is 2.34. The number of likely N-dealkylation sites (tertiary alicyclic amines) is 1. The Balaban J connectivity index is 1.51. The average molecular weight is 350 g/mol. The molecule has 25 heavy (non-hydrogen) atoms. The smallest absolute Gasteiger partial charge is 0.130 e. The van der Waals surface area contributed by atoms with Crippen molar-refractivity contribution in [1.29, 1.82) is 0 Å². The van der Waals surface area contributed by atoms with Crippen molar-refractivity contribution in [2.75, 3.05) is 11.9 Å². The predicted molar refractivity (Wildman–Crippen MR) is 103 cm³/mol. The zero-order valence-electron chi connectivity index (χ0n) is 14.4. The summed E-state index contributed by atoms with van der Waals surface area (Å²) in [5.74, 6) is 0.876. The molecular formula is C20H22N4S. The Kier molecular flexibility index (Phi) is 4.76. The van der Waals surface area contributed by atoms with E-state index in [1.54, 1.807) is 17.5 Å². The highest BCUT2D eigenvalue weighted by atomic mass is 32.1. The van der Waals surface area contributed by atoms with Crippen molar-refractivity contribution in [2.24, 2.45) is 0 Å². The van der Waals surface area contributed by atoms with Crippen molar-refractivity contribution in [1.82, 2.24) is 14.9 Å². The lowest BCUT2D eigenvalue weighted by Crippen LogP contribution is -2.23. The molecule has 0 aliphatic carbocycles. The number of thiazole rings is 1. The highest BCUT2D eigenvalue weighted by molar-refractivity contribution is 7.09. The van der Waals surface area contributed by atoms with Crippen LogP contribution in [-0.2, 0) is 6.54 Å². The van der Waals surface area contributed by atoms with E-state index in [-0.39, 0.29) is 0 Å². The lowest BCUT2D eigenvalue weighted by atomic mass is 10.0. The van der Waals surface area contributed by atoms with Crippen LogP contribution < -0.4 is 5.32 Å². The minimum Gasteiger partial charge on any atom is -0.340 e. The molecule has 4 rings (SSSR count). The van der Waals surface area contributed by atoms with Gasteiger partial charge in [-0.05, 0) is 56.1 Å². The molecular weight excluding hydrogens is 328 g/mol. The summed E-state index contributed by atoms with van der Waals surface area (Å²) in [5, 5.41) is 6.73. The van der Waals surface area contributed by atoms with Crippen LogP contribution in [0, 0.1) is 6.92 Å². The monoisotopic (exact) mass is 350 g/mol. The van der Waals surface area contributed by atoms with Crippen molar-refractivity contribution in [3.8, 4) is 0 Å². The molecule has 0 amide bonds. The summed E-state index contributed by atoms with van der Waals surface area (Å²) in [6, 6.07) is 15.1. The third-order valence-corrected chi connectivity index (χ3v) is 5.43. The number of rotatable bonds is 5. The molecule has 5 heteroatoms. The first-order chi connectivity index (χ1) is 12.3. The van der Waals surface area contributed by atoms with Gasteiger partial charge in [0.2, 0.25) is 0 Å². The number of benzene rings is 1. The summed E-state index contributed by atoms with van der Waals surface area (Å²) < 4.78 is 0. The van der Waals surface area contributed by atoms with Crippen LogP contribution in [0.1, 0.15) is 35.1 Å². The van der Waals surface area contributed by atoms with Gasteiger partial charge in [0, 0.05) is 29.9 Å². The fourth-order valence-electron chi connectivity index (χ4n) is 3.49. The van der Waals surface area contributed by atoms with Crippen LogP contribution in [0.15, 0.2) is 54.0 Å². The van der Waals surface area contributed by atoms with Gasteiger partial charge in [0.1, 0.15) is 5.82 Å². The second-order valence-corrected chi connectivity index (χ2v) is 7.51. The summed E-state index contributed by atoms with van der Waals surface area (Å²) in [6.07, 6.45) is 4.25. The number of hydrogen-bond donors (Lipinski definition) is 1. The number of hydrogen-bond acceptors (Lipinski definition) is 5. The van der Waals surface area contributed by atoms with Gasteiger partial charge in [-0.1, -0.05) is 18.2 Å². The molecule has 0 radical (unpaired) electrons. The summed E-state index contributed by atoms with van der Waals surface area (Å²) in [7, 11) is 0. The molecule has 1 aliphatic heterocycles. The van der Waals surface area contributed by atoms with Crippen LogP contribution >= 0.6 is 11.3 Å². The highest BCUT2D eigenvalue weighted by Gasteiger charge is 2.26. The Morgan fingerprint density at radius 2 is 2.20 bits per heavy atom. The largest absolute Gasteiger partial charge is 0.340 e. The molecule has 0 saturated carbocycles. The van der Waals surface area contributed by atoms with Crippen LogP contribution in [-0.4, -0.2) is 21.4 Å². The summed E-state index contributed by atoms with van der Waals surface area (Å²) in [6.45, 7) is 4.15. The molecule has 1 N–H and O–H groups in total. The van der Waals surface area contributed by atoms with E-state index in [9.17, 15) is 0 Å². The molecule has 3 aromatic rings. The molecule has 1 atom stereocenters. The normalized spacial score (nSPS) is 17.7. The first kappa shape index (κ1) is 16.2. The van der Waals surface area contributed by atoms with Crippen molar-refractivity contribution in [3.05, 3.63) is 70.3 Å². The third kappa shape index (κ3) is 3.89. The quantitative estimate of drug-likeness (QED) is 0.708. The number of pyridine rings is 1. The standard InChI is InChI=1S/C20H22N4S/c1-15-22-18(14-25-15)13-24-11-5-8-19(24)16-6-4-7-17(12-16)23-20-9-2-3-10-21-20/h2-4,6-7,9-10,12,14,19H,5,8,11,13H2,1H3,(H,21,23). The molecule has 1 fully saturated rings. The van der Waals surface area contributed by atoms with Gasteiger partial charge in [0.05, 0.1) is 10.7 Å². The third-order valence-electron chi connectivity index (χ3n) is 4.60. The fourth-order valence-corrected chi connectivity index (χ4v) is 4.09. The first-order valence-corrected chi connectivity index (χ1v) is 9.59. The first-order valence-electron chi connectivity index (χ1n) is 8.71. The number of aryl methyl sites for hydroxylation is 1. The van der Waals surface area contributed by atoms with E-state index in [1.165, 1.54) is 24.1 Å². The maximum atomic E-state index is 4.63. The SMILES string of the molecule is Cc1nc(CN2CCCC2c2cccc(Nc3ccccn3)c2)cs1. The predicted octanol–water partition coefficient (Wildman–Crippen LogP) is 4.93. The van der Waals surface area contributed by atoms with Crippen molar-refractivity contribution >= 4 is 22.8 Å². The Morgan fingerprint density at radius 1 is 1.24 bits per heavy atom. The maximum Gasteiger partial charge on any atom is 0.130 e. The molecule has 1 aromatic carbocycles. The number of nitrogens with zero attached hydrogens (tertiary/aromatic N) is 3. The molecule has 0 bridgehead atoms. The molecule has 128 valence electrons. The van der Waals surface area contributed by atoms with E-state index in [2.05, 4.69) is 56.8 Å². The zero-order chi connectivity index (χ0) is 17.1. The van der Waals surface area contributed by atoms with Crippen molar-refractivity contribution in [2.45, 2.75) is 32.4 Å². The summed E-state index contributed by atoms with van der Waals surface area (Å²) >= 11 is 1.73. The van der Waals surface area contributed by atoms with Crippen LogP contribution in [0.25, 0.3) is 0 Å². The van der Waals surface area contributed by atoms with Gasteiger partial charge in [-0.25, -0.2) is 9.97 Å². The van der Waals surface area contributed by atoms with Crippen LogP contribution in [0.2, 0.25) is 0 Å². The second-order valence-electron chi connectivity index (χ2n) is 6.45. The molecule has 4 nitrogen and oxygen atoms in total. The van der Waals surface area contributed by atoms with Gasteiger partial charge in [0.25, 0.3) is 0 Å². The van der Waals surface area contributed by atoms with Gasteiger partial charge in [-0.15, -0.1) is 11.3 Å². The Labute approximate surface area is 152 Å². The molecule has 1 saturated heterocycles. The van der Waals surface area contributed by atoms with Crippen LogP contribution in [0.4, 0.5) is 11.5 Å². The van der Waals surface area contributed by atoms with Gasteiger partial charge < -0.3 is 5.32 Å². The van der Waals surface area contributed by atoms with Crippen molar-refractivity contribution in [3.63, 3.8) is 0 Å². The van der Waals surface area contributed by atoms with E-state index >= 15 is 0 Å². The van der Waals surface area contributed by atoms with Crippen LogP contribution in [0.5, 0.6) is 0 Å².